The molecular formula is C28H25ClF4N2O3. The lowest BCUT2D eigenvalue weighted by molar-refractivity contribution is -0.152. The number of rotatable bonds is 7. The van der Waals surface area contributed by atoms with Gasteiger partial charge >= 0.3 is 5.97 Å². The van der Waals surface area contributed by atoms with Crippen molar-refractivity contribution in [1.29, 1.82) is 0 Å². The maximum atomic E-state index is 15.6. The molecule has 3 aromatic rings. The van der Waals surface area contributed by atoms with E-state index < -0.39 is 35.0 Å². The Balaban J connectivity index is 1.42. The molecule has 38 heavy (non-hydrogen) atoms. The summed E-state index contributed by atoms with van der Waals surface area (Å²) in [5, 5.41) is 10.7. The molecule has 1 atom stereocenters. The second kappa shape index (κ2) is 11.6. The number of halogens is 5. The van der Waals surface area contributed by atoms with Crippen LogP contribution in [0.1, 0.15) is 43.0 Å². The molecule has 1 aliphatic rings. The standard InChI is InChI=1S/C28H25ClF4N2O3/c1-38-19-4-5-24-20(15-19)25(21(29)16-34-24)22(31)6-7-28(27(36)37)8-11-35(12-9-28)10-2-3-17-13-18(30)14-23(32)26(17)33/h4-5,13-16,22H,6-12H2,1H3,(H,36,37). The topological polar surface area (TPSA) is 62.7 Å². The van der Waals surface area contributed by atoms with Gasteiger partial charge in [-0.3, -0.25) is 14.7 Å². The van der Waals surface area contributed by atoms with E-state index in [0.29, 0.717) is 35.8 Å². The number of hydrogen-bond acceptors (Lipinski definition) is 4. The van der Waals surface area contributed by atoms with E-state index in [1.165, 1.54) is 13.3 Å². The Morgan fingerprint density at radius 2 is 1.97 bits per heavy atom. The van der Waals surface area contributed by atoms with Crippen molar-refractivity contribution < 1.29 is 32.2 Å². The van der Waals surface area contributed by atoms with E-state index in [2.05, 4.69) is 16.8 Å². The summed E-state index contributed by atoms with van der Waals surface area (Å²) in [5.74, 6) is 1.19. The third-order valence-electron chi connectivity index (χ3n) is 7.04. The lowest BCUT2D eigenvalue weighted by Crippen LogP contribution is -2.44. The fraction of sp³-hybridized carbons (Fsp3) is 0.357. The average Bonchev–Trinajstić information content (AvgIpc) is 2.90. The lowest BCUT2D eigenvalue weighted by atomic mass is 9.74. The molecule has 0 amide bonds. The maximum Gasteiger partial charge on any atom is 0.309 e. The Hall–Kier alpha value is -3.35. The van der Waals surface area contributed by atoms with E-state index in [1.54, 1.807) is 18.2 Å². The van der Waals surface area contributed by atoms with Gasteiger partial charge in [-0.05, 0) is 49.9 Å². The molecule has 0 saturated carbocycles. The van der Waals surface area contributed by atoms with Gasteiger partial charge in [0.15, 0.2) is 11.6 Å². The van der Waals surface area contributed by atoms with Crippen molar-refractivity contribution in [2.75, 3.05) is 26.7 Å². The van der Waals surface area contributed by atoms with Gasteiger partial charge in [0, 0.05) is 36.3 Å². The average molecular weight is 549 g/mol. The second-order valence-electron chi connectivity index (χ2n) is 9.32. The van der Waals surface area contributed by atoms with Crippen molar-refractivity contribution in [1.82, 2.24) is 9.88 Å². The number of hydrogen-bond donors (Lipinski definition) is 1. The number of nitrogens with zero attached hydrogens (tertiary/aromatic N) is 2. The first kappa shape index (κ1) is 27.7. The van der Waals surface area contributed by atoms with Crippen LogP contribution in [0.25, 0.3) is 10.9 Å². The third kappa shape index (κ3) is 5.87. The van der Waals surface area contributed by atoms with Crippen LogP contribution in [-0.4, -0.2) is 47.7 Å². The smallest absolute Gasteiger partial charge is 0.309 e. The van der Waals surface area contributed by atoms with Crippen LogP contribution in [-0.2, 0) is 4.79 Å². The Morgan fingerprint density at radius 3 is 2.66 bits per heavy atom. The SMILES string of the molecule is COc1ccc2ncc(Cl)c(C(F)CCC3(C(=O)O)CCN(CC#Cc4cc(F)cc(F)c4F)CC3)c2c1. The first-order valence-corrected chi connectivity index (χ1v) is 12.4. The highest BCUT2D eigenvalue weighted by Gasteiger charge is 2.41. The number of pyridine rings is 1. The summed E-state index contributed by atoms with van der Waals surface area (Å²) < 4.78 is 61.3. The Morgan fingerprint density at radius 1 is 1.24 bits per heavy atom. The van der Waals surface area contributed by atoms with Crippen molar-refractivity contribution in [3.63, 3.8) is 0 Å². The number of piperidine rings is 1. The van der Waals surface area contributed by atoms with Gasteiger partial charge in [0.25, 0.3) is 0 Å². The molecule has 4 rings (SSSR count). The molecule has 5 nitrogen and oxygen atoms in total. The molecule has 0 spiro atoms. The number of aliphatic carboxylic acids is 1. The third-order valence-corrected chi connectivity index (χ3v) is 7.34. The number of likely N-dealkylation sites (tertiary alicyclic amines) is 1. The van der Waals surface area contributed by atoms with Crippen molar-refractivity contribution in [2.24, 2.45) is 5.41 Å². The molecule has 2 aromatic carbocycles. The van der Waals surface area contributed by atoms with Gasteiger partial charge in [-0.25, -0.2) is 17.6 Å². The molecule has 0 radical (unpaired) electrons. The monoisotopic (exact) mass is 548 g/mol. The Kier molecular flexibility index (Phi) is 8.44. The van der Waals surface area contributed by atoms with Crippen LogP contribution in [0.5, 0.6) is 5.75 Å². The van der Waals surface area contributed by atoms with Gasteiger partial charge in [-0.15, -0.1) is 0 Å². The minimum atomic E-state index is -1.51. The number of carboxylic acids is 1. The molecule has 1 N–H and O–H groups in total. The zero-order valence-electron chi connectivity index (χ0n) is 20.5. The van der Waals surface area contributed by atoms with E-state index in [9.17, 15) is 23.1 Å². The van der Waals surface area contributed by atoms with Crippen molar-refractivity contribution in [3.8, 4) is 17.6 Å². The zero-order chi connectivity index (χ0) is 27.4. The quantitative estimate of drug-likeness (QED) is 0.213. The number of alkyl halides is 1. The Bertz CT molecular complexity index is 1410. The van der Waals surface area contributed by atoms with Crippen LogP contribution in [0.3, 0.4) is 0 Å². The molecule has 0 bridgehead atoms. The molecule has 1 aromatic heterocycles. The normalized spacial score (nSPS) is 16.1. The zero-order valence-corrected chi connectivity index (χ0v) is 21.3. The van der Waals surface area contributed by atoms with E-state index in [-0.39, 0.29) is 48.4 Å². The van der Waals surface area contributed by atoms with Crippen LogP contribution in [0.2, 0.25) is 5.02 Å². The first-order chi connectivity index (χ1) is 18.1. The van der Waals surface area contributed by atoms with Gasteiger partial charge in [0.2, 0.25) is 0 Å². The van der Waals surface area contributed by atoms with Gasteiger partial charge in [0.1, 0.15) is 17.7 Å². The number of ether oxygens (including phenoxy) is 1. The summed E-state index contributed by atoms with van der Waals surface area (Å²) >= 11 is 6.31. The predicted molar refractivity (Wildman–Crippen MR) is 135 cm³/mol. The minimum Gasteiger partial charge on any atom is -0.497 e. The summed E-state index contributed by atoms with van der Waals surface area (Å²) in [7, 11) is 1.50. The molecule has 1 fully saturated rings. The van der Waals surface area contributed by atoms with Gasteiger partial charge < -0.3 is 9.84 Å². The lowest BCUT2D eigenvalue weighted by Gasteiger charge is -2.38. The molecular weight excluding hydrogens is 524 g/mol. The maximum absolute atomic E-state index is 15.6. The second-order valence-corrected chi connectivity index (χ2v) is 9.73. The summed E-state index contributed by atoms with van der Waals surface area (Å²) in [5.41, 5.74) is -0.701. The number of benzene rings is 2. The highest BCUT2D eigenvalue weighted by molar-refractivity contribution is 6.32. The van der Waals surface area contributed by atoms with E-state index in [0.717, 1.165) is 6.07 Å². The number of fused-ring (bicyclic) bond motifs is 1. The summed E-state index contributed by atoms with van der Waals surface area (Å²) in [6.07, 6.45) is 0.445. The van der Waals surface area contributed by atoms with Crippen LogP contribution in [0.4, 0.5) is 17.6 Å². The van der Waals surface area contributed by atoms with E-state index >= 15 is 4.39 Å². The summed E-state index contributed by atoms with van der Waals surface area (Å²) in [6.45, 7) is 0.904. The van der Waals surface area contributed by atoms with Crippen LogP contribution < -0.4 is 4.74 Å². The molecule has 1 aliphatic heterocycles. The molecule has 200 valence electrons. The minimum absolute atomic E-state index is 0.0490. The van der Waals surface area contributed by atoms with Crippen molar-refractivity contribution in [3.05, 3.63) is 70.1 Å². The number of methoxy groups -OCH3 is 1. The molecule has 1 unspecified atom stereocenters. The van der Waals surface area contributed by atoms with E-state index in [1.807, 2.05) is 4.90 Å². The van der Waals surface area contributed by atoms with Gasteiger partial charge in [0.05, 0.1) is 35.2 Å². The van der Waals surface area contributed by atoms with Gasteiger partial charge in [-0.1, -0.05) is 23.4 Å². The number of carbonyl (C=O) groups is 1. The summed E-state index contributed by atoms with van der Waals surface area (Å²) in [4.78, 5) is 18.4. The highest BCUT2D eigenvalue weighted by Crippen LogP contribution is 2.42. The molecule has 10 heteroatoms. The van der Waals surface area contributed by atoms with Crippen LogP contribution >= 0.6 is 11.6 Å². The van der Waals surface area contributed by atoms with E-state index in [4.69, 9.17) is 16.3 Å². The van der Waals surface area contributed by atoms with Crippen LogP contribution in [0.15, 0.2) is 36.5 Å². The number of carboxylic acid groups (broad SMARTS) is 1. The highest BCUT2D eigenvalue weighted by atomic mass is 35.5. The largest absolute Gasteiger partial charge is 0.497 e. The van der Waals surface area contributed by atoms with Crippen molar-refractivity contribution >= 4 is 28.5 Å². The van der Waals surface area contributed by atoms with Crippen molar-refractivity contribution in [2.45, 2.75) is 31.9 Å². The molecule has 0 aliphatic carbocycles. The molecule has 1 saturated heterocycles. The fourth-order valence-corrected chi connectivity index (χ4v) is 5.03. The molecule has 2 heterocycles. The van der Waals surface area contributed by atoms with Crippen LogP contribution in [0, 0.1) is 34.7 Å². The predicted octanol–water partition coefficient (Wildman–Crippen LogP) is 6.32. The van der Waals surface area contributed by atoms with Gasteiger partial charge in [-0.2, -0.15) is 0 Å². The Labute approximate surface area is 222 Å². The summed E-state index contributed by atoms with van der Waals surface area (Å²) in [6, 6.07) is 6.34. The first-order valence-electron chi connectivity index (χ1n) is 12.0. The number of aromatic nitrogens is 1. The fourth-order valence-electron chi connectivity index (χ4n) is 4.76.